The Balaban J connectivity index is 1.90. The van der Waals surface area contributed by atoms with Crippen molar-refractivity contribution in [1.29, 1.82) is 0 Å². The van der Waals surface area contributed by atoms with Crippen molar-refractivity contribution in [3.8, 4) is 17.3 Å². The van der Waals surface area contributed by atoms with Crippen LogP contribution in [0.15, 0.2) is 59.7 Å². The van der Waals surface area contributed by atoms with Crippen molar-refractivity contribution in [3.05, 3.63) is 70.8 Å². The number of nitrogens with zero attached hydrogens (tertiary/aromatic N) is 4. The molecule has 2 aromatic heterocycles. The number of hydrogen-bond donors (Lipinski definition) is 0. The largest absolute Gasteiger partial charge is 0.457 e. The summed E-state index contributed by atoms with van der Waals surface area (Å²) in [5.41, 5.74) is -1.36. The summed E-state index contributed by atoms with van der Waals surface area (Å²) in [7, 11) is 5.19. The van der Waals surface area contributed by atoms with E-state index in [1.54, 1.807) is 6.07 Å². The number of alkyl halides is 2. The Kier molecular flexibility index (Phi) is 5.61. The second-order valence-corrected chi connectivity index (χ2v) is 7.54. The molecular formula is C17H17B2F2N4O2P. The van der Waals surface area contributed by atoms with Crippen LogP contribution in [-0.2, 0) is 5.34 Å². The van der Waals surface area contributed by atoms with Gasteiger partial charge < -0.3 is 4.74 Å². The van der Waals surface area contributed by atoms with Crippen molar-refractivity contribution < 1.29 is 13.5 Å². The van der Waals surface area contributed by atoms with Gasteiger partial charge in [-0.15, -0.1) is 0 Å². The Hall–Kier alpha value is -2.60. The highest BCUT2D eigenvalue weighted by molar-refractivity contribution is 7.18. The monoisotopic (exact) mass is 400 g/mol. The Morgan fingerprint density at radius 1 is 1.07 bits per heavy atom. The first kappa shape index (κ1) is 20.1. The van der Waals surface area contributed by atoms with Crippen LogP contribution >= 0.6 is 9.24 Å². The molecule has 0 aliphatic heterocycles. The third-order valence-electron chi connectivity index (χ3n) is 4.13. The van der Waals surface area contributed by atoms with E-state index in [9.17, 15) is 13.6 Å². The summed E-state index contributed by atoms with van der Waals surface area (Å²) < 4.78 is 31.9. The molecular weight excluding hydrogens is 383 g/mol. The quantitative estimate of drug-likeness (QED) is 0.445. The fourth-order valence-electron chi connectivity index (χ4n) is 2.62. The van der Waals surface area contributed by atoms with Crippen LogP contribution in [0.5, 0.6) is 6.01 Å². The molecule has 11 heteroatoms. The molecule has 0 bridgehead atoms. The van der Waals surface area contributed by atoms with Crippen molar-refractivity contribution >= 4 is 24.9 Å². The van der Waals surface area contributed by atoms with Gasteiger partial charge in [-0.25, -0.2) is 14.6 Å². The minimum atomic E-state index is -3.05. The van der Waals surface area contributed by atoms with Gasteiger partial charge in [0, 0.05) is 29.4 Å². The highest BCUT2D eigenvalue weighted by Crippen LogP contribution is 2.23. The molecule has 3 rings (SSSR count). The minimum absolute atomic E-state index is 0.163. The van der Waals surface area contributed by atoms with E-state index in [4.69, 9.17) is 4.74 Å². The fraction of sp³-hybridized carbons (Fsp3) is 0.176. The molecule has 28 heavy (non-hydrogen) atoms. The van der Waals surface area contributed by atoms with Gasteiger partial charge in [0.15, 0.2) is 6.61 Å². The van der Waals surface area contributed by atoms with E-state index < -0.39 is 17.6 Å². The van der Waals surface area contributed by atoms with Gasteiger partial charge in [0.2, 0.25) is 0 Å². The molecule has 0 aliphatic carbocycles. The van der Waals surface area contributed by atoms with E-state index >= 15 is 0 Å². The van der Waals surface area contributed by atoms with Gasteiger partial charge in [0.1, 0.15) is 15.7 Å². The molecule has 6 nitrogen and oxygen atoms in total. The lowest BCUT2D eigenvalue weighted by Gasteiger charge is -2.27. The Morgan fingerprint density at radius 3 is 2.32 bits per heavy atom. The first-order chi connectivity index (χ1) is 13.2. The van der Waals surface area contributed by atoms with E-state index in [1.807, 2.05) is 46.0 Å². The molecule has 142 valence electrons. The van der Waals surface area contributed by atoms with Crippen LogP contribution in [0.1, 0.15) is 5.56 Å². The predicted octanol–water partition coefficient (Wildman–Crippen LogP) is 0.472. The minimum Gasteiger partial charge on any atom is -0.457 e. The van der Waals surface area contributed by atoms with Gasteiger partial charge in [-0.2, -0.15) is 13.9 Å². The molecule has 0 saturated carbocycles. The lowest BCUT2D eigenvalue weighted by molar-refractivity contribution is 0.0422. The van der Waals surface area contributed by atoms with Gasteiger partial charge >= 0.3 is 6.01 Å². The van der Waals surface area contributed by atoms with Crippen LogP contribution < -0.4 is 10.3 Å². The SMILES string of the molecule is BC(B)(c1ccccc1)n1nc(-c2cnc(OCC(F)(F)P)nc2)ccc1=O. The maximum absolute atomic E-state index is 12.8. The smallest absolute Gasteiger partial charge is 0.316 e. The number of rotatable bonds is 6. The summed E-state index contributed by atoms with van der Waals surface area (Å²) in [4.78, 5) is 20.3. The van der Waals surface area contributed by atoms with Crippen molar-refractivity contribution in [2.24, 2.45) is 0 Å². The molecule has 0 spiro atoms. The fourth-order valence-corrected chi connectivity index (χ4v) is 2.70. The van der Waals surface area contributed by atoms with Crippen LogP contribution in [0.2, 0.25) is 0 Å². The highest BCUT2D eigenvalue weighted by atomic mass is 31.0. The third-order valence-corrected chi connectivity index (χ3v) is 4.29. The molecule has 2 heterocycles. The summed E-state index contributed by atoms with van der Waals surface area (Å²) in [6, 6.07) is 12.4. The van der Waals surface area contributed by atoms with Gasteiger partial charge in [-0.1, -0.05) is 39.6 Å². The number of aromatic nitrogens is 4. The molecule has 1 unspecified atom stereocenters. The van der Waals surface area contributed by atoms with E-state index in [0.29, 0.717) is 11.3 Å². The van der Waals surface area contributed by atoms with Gasteiger partial charge in [-0.3, -0.25) is 4.79 Å². The highest BCUT2D eigenvalue weighted by Gasteiger charge is 2.25. The van der Waals surface area contributed by atoms with Crippen molar-refractivity contribution in [3.63, 3.8) is 0 Å². The number of benzene rings is 1. The summed E-state index contributed by atoms with van der Waals surface area (Å²) in [5.74, 6) is 0. The van der Waals surface area contributed by atoms with E-state index in [-0.39, 0.29) is 11.6 Å². The average molecular weight is 400 g/mol. The molecule has 0 N–H and O–H groups in total. The van der Waals surface area contributed by atoms with Crippen LogP contribution in [0.3, 0.4) is 0 Å². The van der Waals surface area contributed by atoms with Gasteiger partial charge in [-0.05, 0) is 11.6 Å². The molecule has 0 amide bonds. The summed E-state index contributed by atoms with van der Waals surface area (Å²) in [5, 5.41) is 3.79. The van der Waals surface area contributed by atoms with E-state index in [0.717, 1.165) is 5.56 Å². The standard InChI is InChI=1S/C17H17B2F2N4O2P/c18-17(19,12-4-2-1-3-5-12)25-14(26)7-6-13(24-25)11-8-22-15(23-9-11)27-10-16(20,21)28/h1-9H,10,18-19,28H2. The zero-order valence-electron chi connectivity index (χ0n) is 15.3. The van der Waals surface area contributed by atoms with Crippen LogP contribution in [0, 0.1) is 0 Å². The Morgan fingerprint density at radius 2 is 1.71 bits per heavy atom. The van der Waals surface area contributed by atoms with Crippen LogP contribution in [-0.4, -0.2) is 47.7 Å². The molecule has 0 aliphatic rings. The van der Waals surface area contributed by atoms with Gasteiger partial charge in [0.05, 0.1) is 5.69 Å². The van der Waals surface area contributed by atoms with Gasteiger partial charge in [0.25, 0.3) is 11.2 Å². The maximum Gasteiger partial charge on any atom is 0.316 e. The van der Waals surface area contributed by atoms with Crippen molar-refractivity contribution in [2.75, 3.05) is 6.61 Å². The first-order valence-corrected chi connectivity index (χ1v) is 9.03. The summed E-state index contributed by atoms with van der Waals surface area (Å²) >= 11 is 0. The molecule has 0 fully saturated rings. The van der Waals surface area contributed by atoms with E-state index in [2.05, 4.69) is 15.1 Å². The number of hydrogen-bond acceptors (Lipinski definition) is 5. The molecule has 0 saturated heterocycles. The molecule has 1 aromatic carbocycles. The topological polar surface area (TPSA) is 69.9 Å². The average Bonchev–Trinajstić information content (AvgIpc) is 2.67. The molecule has 3 aromatic rings. The Labute approximate surface area is 164 Å². The molecule has 1 atom stereocenters. The first-order valence-electron chi connectivity index (χ1n) is 8.45. The third kappa shape index (κ3) is 4.62. The van der Waals surface area contributed by atoms with Crippen molar-refractivity contribution in [2.45, 2.75) is 11.0 Å². The van der Waals surface area contributed by atoms with Crippen LogP contribution in [0.25, 0.3) is 11.3 Å². The zero-order chi connectivity index (χ0) is 20.4. The lowest BCUT2D eigenvalue weighted by atomic mass is 9.58. The summed E-state index contributed by atoms with van der Waals surface area (Å²) in [6.45, 7) is -0.842. The maximum atomic E-state index is 12.8. The number of ether oxygens (including phenoxy) is 1. The van der Waals surface area contributed by atoms with Crippen molar-refractivity contribution in [1.82, 2.24) is 19.7 Å². The predicted molar refractivity (Wildman–Crippen MR) is 110 cm³/mol. The number of halogens is 2. The Bertz CT molecular complexity index is 1010. The zero-order valence-corrected chi connectivity index (χ0v) is 16.5. The lowest BCUT2D eigenvalue weighted by Crippen LogP contribution is -2.44. The van der Waals surface area contributed by atoms with Crippen LogP contribution in [0.4, 0.5) is 8.78 Å². The molecule has 0 radical (unpaired) electrons. The normalized spacial score (nSPS) is 12.0. The second-order valence-electron chi connectivity index (χ2n) is 6.70. The van der Waals surface area contributed by atoms with E-state index in [1.165, 1.54) is 32.4 Å². The second kappa shape index (κ2) is 7.80. The summed E-state index contributed by atoms with van der Waals surface area (Å²) in [6.07, 6.45) is 2.83.